The van der Waals surface area contributed by atoms with E-state index in [4.69, 9.17) is 11.6 Å². The average molecular weight is 344 g/mol. The maximum Gasteiger partial charge on any atom is 0.0938 e. The van der Waals surface area contributed by atoms with Crippen molar-refractivity contribution in [2.24, 2.45) is 7.05 Å². The molecular formula is C14H16BrClN2O. The molecule has 1 N–H and O–H groups in total. The molecular weight excluding hydrogens is 328 g/mol. The molecule has 1 atom stereocenters. The predicted octanol–water partition coefficient (Wildman–Crippen LogP) is 3.59. The molecule has 3 nitrogen and oxygen atoms in total. The van der Waals surface area contributed by atoms with E-state index in [-0.39, 0.29) is 0 Å². The van der Waals surface area contributed by atoms with E-state index in [1.807, 2.05) is 32.2 Å². The van der Waals surface area contributed by atoms with Crippen molar-refractivity contribution < 1.29 is 5.11 Å². The molecule has 1 aromatic heterocycles. The minimum atomic E-state index is -1.04. The molecule has 1 aromatic carbocycles. The molecule has 2 aromatic rings. The zero-order chi connectivity index (χ0) is 14.2. The Kier molecular flexibility index (Phi) is 4.04. The second kappa shape index (κ2) is 5.27. The van der Waals surface area contributed by atoms with Crippen LogP contribution in [0.5, 0.6) is 0 Å². The number of aliphatic hydroxyl groups is 1. The lowest BCUT2D eigenvalue weighted by molar-refractivity contribution is 0.0555. The highest BCUT2D eigenvalue weighted by Crippen LogP contribution is 2.33. The molecule has 0 bridgehead atoms. The molecule has 0 spiro atoms. The summed E-state index contributed by atoms with van der Waals surface area (Å²) >= 11 is 9.68. The summed E-state index contributed by atoms with van der Waals surface area (Å²) in [5, 5.41) is 15.6. The maximum absolute atomic E-state index is 10.7. The molecule has 0 aliphatic rings. The van der Waals surface area contributed by atoms with Crippen LogP contribution in [-0.2, 0) is 19.1 Å². The lowest BCUT2D eigenvalue weighted by Crippen LogP contribution is -2.26. The molecule has 102 valence electrons. The van der Waals surface area contributed by atoms with E-state index >= 15 is 0 Å². The summed E-state index contributed by atoms with van der Waals surface area (Å²) in [5.74, 6) is 0. The largest absolute Gasteiger partial charge is 0.385 e. The smallest absolute Gasteiger partial charge is 0.0938 e. The summed E-state index contributed by atoms with van der Waals surface area (Å²) in [7, 11) is 1.87. The maximum atomic E-state index is 10.7. The molecule has 0 radical (unpaired) electrons. The van der Waals surface area contributed by atoms with Crippen molar-refractivity contribution in [2.45, 2.75) is 25.9 Å². The van der Waals surface area contributed by atoms with Crippen LogP contribution < -0.4 is 0 Å². The second-order valence-corrected chi connectivity index (χ2v) is 6.10. The van der Waals surface area contributed by atoms with Crippen molar-refractivity contribution in [3.8, 4) is 0 Å². The third-order valence-electron chi connectivity index (χ3n) is 3.23. The summed E-state index contributed by atoms with van der Waals surface area (Å²) in [6.07, 6.45) is 0.439. The summed E-state index contributed by atoms with van der Waals surface area (Å²) in [5.41, 5.74) is 1.54. The topological polar surface area (TPSA) is 38.0 Å². The number of aryl methyl sites for hydroxylation is 2. The van der Waals surface area contributed by atoms with Gasteiger partial charge < -0.3 is 5.11 Å². The first-order valence-corrected chi connectivity index (χ1v) is 7.15. The highest BCUT2D eigenvalue weighted by atomic mass is 79.9. The lowest BCUT2D eigenvalue weighted by atomic mass is 9.91. The van der Waals surface area contributed by atoms with E-state index in [0.717, 1.165) is 21.4 Å². The highest BCUT2D eigenvalue weighted by Gasteiger charge is 2.28. The third kappa shape index (κ3) is 2.86. The van der Waals surface area contributed by atoms with Crippen molar-refractivity contribution in [3.63, 3.8) is 0 Å². The first kappa shape index (κ1) is 14.6. The van der Waals surface area contributed by atoms with Crippen LogP contribution in [-0.4, -0.2) is 14.9 Å². The van der Waals surface area contributed by atoms with E-state index in [1.54, 1.807) is 17.7 Å². The van der Waals surface area contributed by atoms with Crippen molar-refractivity contribution in [1.82, 2.24) is 9.78 Å². The van der Waals surface area contributed by atoms with Gasteiger partial charge in [-0.3, -0.25) is 4.68 Å². The van der Waals surface area contributed by atoms with Crippen LogP contribution >= 0.6 is 27.5 Å². The fourth-order valence-corrected chi connectivity index (χ4v) is 3.01. The van der Waals surface area contributed by atoms with Crippen LogP contribution in [0.25, 0.3) is 0 Å². The number of aromatic nitrogens is 2. The Balaban J connectivity index is 2.39. The second-order valence-electron chi connectivity index (χ2n) is 4.90. The fraction of sp³-hybridized carbons (Fsp3) is 0.357. The first-order valence-electron chi connectivity index (χ1n) is 5.98. The van der Waals surface area contributed by atoms with E-state index in [0.29, 0.717) is 11.4 Å². The van der Waals surface area contributed by atoms with E-state index in [9.17, 15) is 5.11 Å². The Hall–Kier alpha value is -0.840. The Labute approximate surface area is 126 Å². The Morgan fingerprint density at radius 3 is 2.58 bits per heavy atom. The van der Waals surface area contributed by atoms with Crippen LogP contribution in [0.4, 0.5) is 0 Å². The van der Waals surface area contributed by atoms with E-state index in [1.165, 1.54) is 0 Å². The van der Waals surface area contributed by atoms with Gasteiger partial charge in [0.2, 0.25) is 0 Å². The zero-order valence-corrected chi connectivity index (χ0v) is 13.5. The fourth-order valence-electron chi connectivity index (χ4n) is 2.19. The van der Waals surface area contributed by atoms with Gasteiger partial charge >= 0.3 is 0 Å². The summed E-state index contributed by atoms with van der Waals surface area (Å²) in [4.78, 5) is 0. The Morgan fingerprint density at radius 1 is 1.42 bits per heavy atom. The zero-order valence-electron chi connectivity index (χ0n) is 11.1. The third-order valence-corrected chi connectivity index (χ3v) is 4.59. The van der Waals surface area contributed by atoms with E-state index < -0.39 is 5.60 Å². The van der Waals surface area contributed by atoms with Gasteiger partial charge in [-0.25, -0.2) is 0 Å². The van der Waals surface area contributed by atoms with Gasteiger partial charge in [0.1, 0.15) is 0 Å². The average Bonchev–Trinajstić information content (AvgIpc) is 2.56. The number of hydrogen-bond donors (Lipinski definition) is 1. The van der Waals surface area contributed by atoms with Crippen molar-refractivity contribution in [2.75, 3.05) is 0 Å². The normalized spacial score (nSPS) is 14.4. The van der Waals surface area contributed by atoms with Crippen molar-refractivity contribution in [3.05, 3.63) is 50.7 Å². The molecule has 5 heteroatoms. The minimum absolute atomic E-state index is 0.439. The van der Waals surface area contributed by atoms with Crippen LogP contribution in [0, 0.1) is 6.92 Å². The van der Waals surface area contributed by atoms with Gasteiger partial charge in [-0.1, -0.05) is 29.8 Å². The van der Waals surface area contributed by atoms with Gasteiger partial charge in [-0.2, -0.15) is 5.10 Å². The molecule has 1 unspecified atom stereocenters. The number of halogens is 2. The van der Waals surface area contributed by atoms with Crippen LogP contribution in [0.1, 0.15) is 23.9 Å². The quantitative estimate of drug-likeness (QED) is 0.925. The molecule has 19 heavy (non-hydrogen) atoms. The number of benzene rings is 1. The molecule has 0 amide bonds. The monoisotopic (exact) mass is 342 g/mol. The molecule has 0 aliphatic carbocycles. The van der Waals surface area contributed by atoms with Gasteiger partial charge in [-0.15, -0.1) is 0 Å². The van der Waals surface area contributed by atoms with Gasteiger partial charge in [0.15, 0.2) is 0 Å². The van der Waals surface area contributed by atoms with Gasteiger partial charge in [-0.05, 0) is 35.8 Å². The standard InChI is InChI=1S/C14H16BrClN2O/c1-9-13(15)12(18(3)17-9)8-14(2,19)10-6-4-5-7-11(10)16/h4-7,19H,8H2,1-3H3. The van der Waals surface area contributed by atoms with Gasteiger partial charge in [0, 0.05) is 24.1 Å². The van der Waals surface area contributed by atoms with Gasteiger partial charge in [0.25, 0.3) is 0 Å². The minimum Gasteiger partial charge on any atom is -0.385 e. The van der Waals surface area contributed by atoms with Crippen LogP contribution in [0.3, 0.4) is 0 Å². The Bertz CT molecular complexity index is 607. The Morgan fingerprint density at radius 2 is 2.05 bits per heavy atom. The summed E-state index contributed by atoms with van der Waals surface area (Å²) < 4.78 is 2.72. The van der Waals surface area contributed by atoms with Crippen molar-refractivity contribution in [1.29, 1.82) is 0 Å². The molecule has 2 rings (SSSR count). The first-order chi connectivity index (χ1) is 8.83. The number of hydrogen-bond acceptors (Lipinski definition) is 2. The molecule has 0 aliphatic heterocycles. The molecule has 0 saturated heterocycles. The highest BCUT2D eigenvalue weighted by molar-refractivity contribution is 9.10. The van der Waals surface area contributed by atoms with Crippen LogP contribution in [0.2, 0.25) is 5.02 Å². The number of nitrogens with zero attached hydrogens (tertiary/aromatic N) is 2. The SMILES string of the molecule is Cc1nn(C)c(CC(C)(O)c2ccccc2Cl)c1Br. The van der Waals surface area contributed by atoms with Crippen molar-refractivity contribution >= 4 is 27.5 Å². The van der Waals surface area contributed by atoms with E-state index in [2.05, 4.69) is 21.0 Å². The number of rotatable bonds is 3. The summed E-state index contributed by atoms with van der Waals surface area (Å²) in [6.45, 7) is 3.70. The molecule has 1 heterocycles. The molecule has 0 fully saturated rings. The summed E-state index contributed by atoms with van der Waals surface area (Å²) in [6, 6.07) is 7.36. The lowest BCUT2D eigenvalue weighted by Gasteiger charge is -2.25. The van der Waals surface area contributed by atoms with Crippen LogP contribution in [0.15, 0.2) is 28.7 Å². The predicted molar refractivity (Wildman–Crippen MR) is 80.4 cm³/mol. The van der Waals surface area contributed by atoms with Gasteiger partial charge in [0.05, 0.1) is 21.5 Å². The molecule has 0 saturated carbocycles.